The van der Waals surface area contributed by atoms with Gasteiger partial charge in [-0.1, -0.05) is 24.3 Å². The second-order valence-electron chi connectivity index (χ2n) is 8.02. The summed E-state index contributed by atoms with van der Waals surface area (Å²) in [6, 6.07) is 15.4. The van der Waals surface area contributed by atoms with Crippen LogP contribution in [0.25, 0.3) is 11.0 Å². The number of likely N-dealkylation sites (N-methyl/N-ethyl adjacent to an activating group) is 1. The van der Waals surface area contributed by atoms with E-state index in [4.69, 9.17) is 9.52 Å². The largest absolute Gasteiger partial charge is 0.464 e. The second-order valence-corrected chi connectivity index (χ2v) is 8.02. The molecule has 1 atom stereocenters. The van der Waals surface area contributed by atoms with Crippen LogP contribution < -0.4 is 5.01 Å². The highest BCUT2D eigenvalue weighted by Crippen LogP contribution is 2.36. The van der Waals surface area contributed by atoms with Crippen molar-refractivity contribution in [2.24, 2.45) is 5.10 Å². The molecule has 0 saturated heterocycles. The molecule has 5 heteroatoms. The Morgan fingerprint density at radius 3 is 2.97 bits per heavy atom. The summed E-state index contributed by atoms with van der Waals surface area (Å²) in [5.41, 5.74) is 6.18. The van der Waals surface area contributed by atoms with E-state index in [9.17, 15) is 0 Å². The Hall–Kier alpha value is -3.31. The number of benzene rings is 2. The van der Waals surface area contributed by atoms with Crippen molar-refractivity contribution in [3.8, 4) is 0 Å². The van der Waals surface area contributed by atoms with Gasteiger partial charge in [0.1, 0.15) is 12.3 Å². The van der Waals surface area contributed by atoms with Crippen molar-refractivity contribution in [2.45, 2.75) is 12.5 Å². The number of rotatable bonds is 2. The zero-order valence-corrected chi connectivity index (χ0v) is 16.3. The monoisotopic (exact) mass is 382 g/mol. The third-order valence-electron chi connectivity index (χ3n) is 6.04. The summed E-state index contributed by atoms with van der Waals surface area (Å²) in [6.45, 7) is 2.72. The molecule has 0 bridgehead atoms. The minimum atomic E-state index is 0.342. The Morgan fingerprint density at radius 2 is 2.03 bits per heavy atom. The van der Waals surface area contributed by atoms with E-state index < -0.39 is 0 Å². The molecule has 4 heterocycles. The lowest BCUT2D eigenvalue weighted by Crippen LogP contribution is -2.31. The fourth-order valence-corrected chi connectivity index (χ4v) is 4.58. The summed E-state index contributed by atoms with van der Waals surface area (Å²) in [7, 11) is 2.19. The average molecular weight is 382 g/mol. The van der Waals surface area contributed by atoms with Crippen molar-refractivity contribution in [2.75, 3.05) is 25.3 Å². The Bertz CT molecular complexity index is 1190. The molecule has 2 aromatic carbocycles. The lowest BCUT2D eigenvalue weighted by Gasteiger charge is -2.33. The number of furan rings is 1. The number of allylic oxidation sites excluding steroid dienone is 2. The van der Waals surface area contributed by atoms with Gasteiger partial charge in [0.25, 0.3) is 0 Å². The van der Waals surface area contributed by atoms with Crippen molar-refractivity contribution < 1.29 is 4.42 Å². The minimum absolute atomic E-state index is 0.342. The molecule has 1 unspecified atom stereocenters. The normalized spacial score (nSPS) is 20.9. The van der Waals surface area contributed by atoms with E-state index in [0.717, 1.165) is 42.3 Å². The molecule has 5 nitrogen and oxygen atoms in total. The summed E-state index contributed by atoms with van der Waals surface area (Å²) in [5.74, 6) is 1.33. The first-order valence-electron chi connectivity index (χ1n) is 10.0. The Labute approximate surface area is 169 Å². The molecule has 6 rings (SSSR count). The quantitative estimate of drug-likeness (QED) is 0.654. The Kier molecular flexibility index (Phi) is 3.64. The van der Waals surface area contributed by atoms with Gasteiger partial charge in [-0.25, -0.2) is 5.01 Å². The lowest BCUT2D eigenvalue weighted by molar-refractivity contribution is 0.295. The predicted molar refractivity (Wildman–Crippen MR) is 116 cm³/mol. The van der Waals surface area contributed by atoms with Gasteiger partial charge in [-0.3, -0.25) is 0 Å². The molecule has 1 aromatic heterocycles. The molecule has 3 aliphatic rings. The summed E-state index contributed by atoms with van der Waals surface area (Å²) in [5, 5.41) is 8.00. The molecule has 0 fully saturated rings. The van der Waals surface area contributed by atoms with Crippen molar-refractivity contribution in [1.29, 1.82) is 0 Å². The first-order valence-corrected chi connectivity index (χ1v) is 10.0. The van der Waals surface area contributed by atoms with E-state index in [1.807, 2.05) is 24.3 Å². The maximum atomic E-state index is 5.65. The number of nitrogens with zero attached hydrogens (tertiary/aromatic N) is 4. The van der Waals surface area contributed by atoms with Crippen molar-refractivity contribution in [3.05, 3.63) is 89.8 Å². The van der Waals surface area contributed by atoms with Gasteiger partial charge in [0, 0.05) is 30.6 Å². The standard InChI is InChI=1S/C24H22N4O/c1-26-14-19-12-20(28-16-27-10-3-2-4-24(27)25-28)7-8-21(19)22(15-26)18-6-5-17-9-11-29-23(17)13-18/h2-13,22H,14-16H2,1H3. The van der Waals surface area contributed by atoms with Gasteiger partial charge >= 0.3 is 0 Å². The maximum absolute atomic E-state index is 5.65. The number of anilines is 1. The van der Waals surface area contributed by atoms with Gasteiger partial charge in [0.05, 0.1) is 12.0 Å². The number of hydrogen-bond acceptors (Lipinski definition) is 5. The maximum Gasteiger partial charge on any atom is 0.154 e. The molecular weight excluding hydrogens is 360 g/mol. The number of fused-ring (bicyclic) bond motifs is 3. The summed E-state index contributed by atoms with van der Waals surface area (Å²) in [4.78, 5) is 4.56. The second kappa shape index (κ2) is 6.36. The third-order valence-corrected chi connectivity index (χ3v) is 6.04. The van der Waals surface area contributed by atoms with E-state index in [1.54, 1.807) is 6.26 Å². The van der Waals surface area contributed by atoms with E-state index in [0.29, 0.717) is 5.92 Å². The van der Waals surface area contributed by atoms with Gasteiger partial charge < -0.3 is 14.2 Å². The molecule has 144 valence electrons. The molecule has 0 aliphatic carbocycles. The third kappa shape index (κ3) is 2.77. The Morgan fingerprint density at radius 1 is 1.07 bits per heavy atom. The lowest BCUT2D eigenvalue weighted by atomic mass is 9.84. The van der Waals surface area contributed by atoms with Crippen LogP contribution in [0.2, 0.25) is 0 Å². The highest BCUT2D eigenvalue weighted by molar-refractivity contribution is 5.97. The molecular formula is C24H22N4O. The van der Waals surface area contributed by atoms with Crippen LogP contribution >= 0.6 is 0 Å². The Balaban J connectivity index is 1.37. The SMILES string of the molecule is CN1Cc2cc(N3CN4C=CC=CC4=N3)ccc2C(c2ccc3ccoc3c2)C1. The van der Waals surface area contributed by atoms with Crippen LogP contribution in [0.15, 0.2) is 82.7 Å². The van der Waals surface area contributed by atoms with Crippen molar-refractivity contribution in [1.82, 2.24) is 9.80 Å². The molecule has 0 amide bonds. The van der Waals surface area contributed by atoms with Crippen LogP contribution in [0.3, 0.4) is 0 Å². The van der Waals surface area contributed by atoms with Crippen LogP contribution in [0.5, 0.6) is 0 Å². The highest BCUT2D eigenvalue weighted by atomic mass is 16.3. The fourth-order valence-electron chi connectivity index (χ4n) is 4.58. The zero-order valence-electron chi connectivity index (χ0n) is 16.3. The van der Waals surface area contributed by atoms with Gasteiger partial charge in [-0.2, -0.15) is 5.10 Å². The van der Waals surface area contributed by atoms with E-state index in [1.165, 1.54) is 16.7 Å². The molecule has 3 aromatic rings. The van der Waals surface area contributed by atoms with E-state index in [2.05, 4.69) is 64.5 Å². The van der Waals surface area contributed by atoms with Crippen LogP contribution in [0.4, 0.5) is 5.69 Å². The highest BCUT2D eigenvalue weighted by Gasteiger charge is 2.27. The smallest absolute Gasteiger partial charge is 0.154 e. The molecule has 3 aliphatic heterocycles. The van der Waals surface area contributed by atoms with Gasteiger partial charge in [0.15, 0.2) is 5.84 Å². The van der Waals surface area contributed by atoms with E-state index in [-0.39, 0.29) is 0 Å². The van der Waals surface area contributed by atoms with Gasteiger partial charge in [0.2, 0.25) is 0 Å². The summed E-state index contributed by atoms with van der Waals surface area (Å²) < 4.78 is 5.65. The first kappa shape index (κ1) is 16.6. The van der Waals surface area contributed by atoms with Crippen molar-refractivity contribution in [3.63, 3.8) is 0 Å². The predicted octanol–water partition coefficient (Wildman–Crippen LogP) is 4.49. The van der Waals surface area contributed by atoms with E-state index >= 15 is 0 Å². The van der Waals surface area contributed by atoms with Crippen LogP contribution in [-0.4, -0.2) is 35.9 Å². The molecule has 0 spiro atoms. The average Bonchev–Trinajstić information content (AvgIpc) is 3.38. The molecule has 0 radical (unpaired) electrons. The van der Waals surface area contributed by atoms with Crippen LogP contribution in [0.1, 0.15) is 22.6 Å². The molecule has 0 N–H and O–H groups in total. The van der Waals surface area contributed by atoms with Crippen LogP contribution in [-0.2, 0) is 6.54 Å². The molecule has 0 saturated carbocycles. The van der Waals surface area contributed by atoms with Crippen LogP contribution in [0, 0.1) is 0 Å². The first-order chi connectivity index (χ1) is 14.2. The van der Waals surface area contributed by atoms with Gasteiger partial charge in [-0.15, -0.1) is 0 Å². The number of amidine groups is 1. The van der Waals surface area contributed by atoms with Gasteiger partial charge in [-0.05, 0) is 60.2 Å². The summed E-state index contributed by atoms with van der Waals surface area (Å²) >= 11 is 0. The zero-order chi connectivity index (χ0) is 19.4. The topological polar surface area (TPSA) is 35.2 Å². The number of hydrazone groups is 1. The number of hydrogen-bond donors (Lipinski definition) is 0. The molecule has 29 heavy (non-hydrogen) atoms. The fraction of sp³-hybridized carbons (Fsp3) is 0.208. The van der Waals surface area contributed by atoms with Crippen molar-refractivity contribution >= 4 is 22.5 Å². The minimum Gasteiger partial charge on any atom is -0.464 e. The summed E-state index contributed by atoms with van der Waals surface area (Å²) in [6.07, 6.45) is 9.96.